The average molecular weight is 355 g/mol. The van der Waals surface area contributed by atoms with Gasteiger partial charge < -0.3 is 19.9 Å². The van der Waals surface area contributed by atoms with Gasteiger partial charge in [0.1, 0.15) is 0 Å². The Morgan fingerprint density at radius 3 is 2.62 bits per heavy atom. The number of primary amides is 1. The van der Waals surface area contributed by atoms with Crippen LogP contribution in [-0.2, 0) is 16.1 Å². The Bertz CT molecular complexity index is 609. The quantitative estimate of drug-likeness (QED) is 0.845. The summed E-state index contributed by atoms with van der Waals surface area (Å²) in [5.41, 5.74) is 6.31. The lowest BCUT2D eigenvalue weighted by molar-refractivity contribution is -0.173. The third-order valence-electron chi connectivity index (χ3n) is 4.79. The number of ether oxygens (including phenoxy) is 3. The molecule has 3 rings (SSSR count). The fourth-order valence-electron chi connectivity index (χ4n) is 3.31. The van der Waals surface area contributed by atoms with Crippen molar-refractivity contribution in [2.24, 2.45) is 5.73 Å². The molecule has 7 heteroatoms. The predicted octanol–water partition coefficient (Wildman–Crippen LogP) is 1.97. The average Bonchev–Trinajstić information content (AvgIpc) is 2.52. The van der Waals surface area contributed by atoms with Crippen molar-refractivity contribution in [3.63, 3.8) is 0 Å². The number of piperidine rings is 1. The summed E-state index contributed by atoms with van der Waals surface area (Å²) in [7, 11) is 1.55. The molecule has 2 aliphatic rings. The molecule has 2 fully saturated rings. The molecule has 0 aromatic heterocycles. The first kappa shape index (κ1) is 17.3. The summed E-state index contributed by atoms with van der Waals surface area (Å²) in [5, 5.41) is 0.418. The van der Waals surface area contributed by atoms with E-state index in [1.54, 1.807) is 7.11 Å². The van der Waals surface area contributed by atoms with E-state index in [0.717, 1.165) is 44.6 Å². The number of rotatable bonds is 6. The minimum atomic E-state index is -0.558. The van der Waals surface area contributed by atoms with E-state index < -0.39 is 5.91 Å². The molecular weight excluding hydrogens is 332 g/mol. The van der Waals surface area contributed by atoms with Gasteiger partial charge in [-0.25, -0.2) is 0 Å². The lowest BCUT2D eigenvalue weighted by atomic mass is 9.84. The fraction of sp³-hybridized carbons (Fsp3) is 0.588. The Kier molecular flexibility index (Phi) is 5.18. The van der Waals surface area contributed by atoms with E-state index in [4.69, 9.17) is 31.5 Å². The number of amides is 1. The van der Waals surface area contributed by atoms with Gasteiger partial charge in [0.25, 0.3) is 5.91 Å². The van der Waals surface area contributed by atoms with Gasteiger partial charge >= 0.3 is 0 Å². The van der Waals surface area contributed by atoms with E-state index in [0.29, 0.717) is 16.5 Å². The van der Waals surface area contributed by atoms with Crippen LogP contribution in [0, 0.1) is 0 Å². The number of carbonyl (C=O) groups excluding carboxylic acids is 1. The van der Waals surface area contributed by atoms with Crippen molar-refractivity contribution in [2.75, 3.05) is 33.4 Å². The molecule has 1 spiro atoms. The van der Waals surface area contributed by atoms with Gasteiger partial charge in [0.2, 0.25) is 0 Å². The number of benzene rings is 1. The molecule has 1 aromatic rings. The molecule has 0 saturated carbocycles. The van der Waals surface area contributed by atoms with Gasteiger partial charge in [-0.3, -0.25) is 9.69 Å². The molecule has 132 valence electrons. The molecule has 2 aliphatic heterocycles. The monoisotopic (exact) mass is 354 g/mol. The van der Waals surface area contributed by atoms with Crippen LogP contribution in [0.3, 0.4) is 0 Å². The Labute approximate surface area is 146 Å². The van der Waals surface area contributed by atoms with Gasteiger partial charge in [-0.1, -0.05) is 11.6 Å². The van der Waals surface area contributed by atoms with Crippen LogP contribution >= 0.6 is 11.6 Å². The molecule has 1 amide bonds. The maximum atomic E-state index is 10.9. The summed E-state index contributed by atoms with van der Waals surface area (Å²) >= 11 is 6.30. The Morgan fingerprint density at radius 2 is 2.08 bits per heavy atom. The highest BCUT2D eigenvalue weighted by molar-refractivity contribution is 6.32. The number of nitrogens with zero attached hydrogens (tertiary/aromatic N) is 1. The summed E-state index contributed by atoms with van der Waals surface area (Å²) in [6, 6.07) is 3.75. The van der Waals surface area contributed by atoms with Crippen molar-refractivity contribution in [2.45, 2.75) is 31.4 Å². The highest BCUT2D eigenvalue weighted by atomic mass is 35.5. The van der Waals surface area contributed by atoms with E-state index in [1.165, 1.54) is 6.42 Å². The summed E-state index contributed by atoms with van der Waals surface area (Å²) in [5.74, 6) is 0.300. The largest absolute Gasteiger partial charge is 0.493 e. The fourth-order valence-corrected chi connectivity index (χ4v) is 3.60. The molecule has 0 atom stereocenters. The summed E-state index contributed by atoms with van der Waals surface area (Å²) in [6.07, 6.45) is 3.35. The predicted molar refractivity (Wildman–Crippen MR) is 90.5 cm³/mol. The zero-order chi connectivity index (χ0) is 17.2. The van der Waals surface area contributed by atoms with Crippen molar-refractivity contribution in [1.82, 2.24) is 4.90 Å². The smallest absolute Gasteiger partial charge is 0.255 e. The first-order valence-electron chi connectivity index (χ1n) is 8.15. The minimum absolute atomic E-state index is 0.151. The Balaban J connectivity index is 1.65. The van der Waals surface area contributed by atoms with E-state index in [-0.39, 0.29) is 12.2 Å². The molecule has 24 heavy (non-hydrogen) atoms. The topological polar surface area (TPSA) is 74.0 Å². The number of nitrogens with two attached hydrogens (primary N) is 1. The van der Waals surface area contributed by atoms with Crippen LogP contribution in [-0.4, -0.2) is 49.8 Å². The molecule has 2 heterocycles. The third-order valence-corrected chi connectivity index (χ3v) is 5.07. The molecule has 1 aromatic carbocycles. The summed E-state index contributed by atoms with van der Waals surface area (Å²) < 4.78 is 16.5. The molecule has 6 nitrogen and oxygen atoms in total. The van der Waals surface area contributed by atoms with Gasteiger partial charge in [-0.15, -0.1) is 0 Å². The number of likely N-dealkylation sites (tertiary alicyclic amines) is 1. The standard InChI is InChI=1S/C17H23ClN2O4/c1-22-14-9-12(8-13(18)16(14)23-11-15(19)21)10-20-5-2-17(3-6-20)4-7-24-17/h8-9H,2-7,10-11H2,1H3,(H2,19,21). The zero-order valence-electron chi connectivity index (χ0n) is 13.8. The lowest BCUT2D eigenvalue weighted by Gasteiger charge is -2.47. The second kappa shape index (κ2) is 7.17. The Hall–Kier alpha value is -1.50. The summed E-state index contributed by atoms with van der Waals surface area (Å²) in [4.78, 5) is 13.3. The Morgan fingerprint density at radius 1 is 1.38 bits per heavy atom. The highest BCUT2D eigenvalue weighted by Crippen LogP contribution is 2.39. The maximum absolute atomic E-state index is 10.9. The van der Waals surface area contributed by atoms with Gasteiger partial charge in [-0.2, -0.15) is 0 Å². The minimum Gasteiger partial charge on any atom is -0.493 e. The third kappa shape index (κ3) is 3.77. The maximum Gasteiger partial charge on any atom is 0.255 e. The van der Waals surface area contributed by atoms with E-state index in [1.807, 2.05) is 12.1 Å². The van der Waals surface area contributed by atoms with Gasteiger partial charge in [0, 0.05) is 19.6 Å². The summed E-state index contributed by atoms with van der Waals surface area (Å²) in [6.45, 7) is 3.49. The van der Waals surface area contributed by atoms with Gasteiger partial charge in [-0.05, 0) is 37.0 Å². The molecular formula is C17H23ClN2O4. The van der Waals surface area contributed by atoms with Crippen molar-refractivity contribution in [3.05, 3.63) is 22.7 Å². The second-order valence-corrected chi connectivity index (χ2v) is 6.83. The molecule has 0 bridgehead atoms. The van der Waals surface area contributed by atoms with Crippen molar-refractivity contribution >= 4 is 17.5 Å². The van der Waals surface area contributed by atoms with Crippen LogP contribution in [0.15, 0.2) is 12.1 Å². The molecule has 2 saturated heterocycles. The van der Waals surface area contributed by atoms with Crippen molar-refractivity contribution < 1.29 is 19.0 Å². The van der Waals surface area contributed by atoms with Crippen LogP contribution in [0.4, 0.5) is 0 Å². The number of hydrogen-bond donors (Lipinski definition) is 1. The van der Waals surface area contributed by atoms with E-state index in [2.05, 4.69) is 4.90 Å². The van der Waals surface area contributed by atoms with E-state index in [9.17, 15) is 4.79 Å². The van der Waals surface area contributed by atoms with Crippen molar-refractivity contribution in [1.29, 1.82) is 0 Å². The van der Waals surface area contributed by atoms with E-state index >= 15 is 0 Å². The zero-order valence-corrected chi connectivity index (χ0v) is 14.6. The number of halogens is 1. The van der Waals surface area contributed by atoms with Crippen molar-refractivity contribution in [3.8, 4) is 11.5 Å². The highest BCUT2D eigenvalue weighted by Gasteiger charge is 2.40. The van der Waals surface area contributed by atoms with Crippen LogP contribution in [0.25, 0.3) is 0 Å². The first-order chi connectivity index (χ1) is 11.5. The SMILES string of the molecule is COc1cc(CN2CCC3(CCO3)CC2)cc(Cl)c1OCC(N)=O. The normalized spacial score (nSPS) is 19.8. The van der Waals surface area contributed by atoms with Crippen LogP contribution < -0.4 is 15.2 Å². The molecule has 0 radical (unpaired) electrons. The number of hydrogen-bond acceptors (Lipinski definition) is 5. The number of carbonyl (C=O) groups is 1. The van der Waals surface area contributed by atoms with Gasteiger partial charge in [0.05, 0.1) is 24.3 Å². The van der Waals surface area contributed by atoms with Crippen LogP contribution in [0.2, 0.25) is 5.02 Å². The second-order valence-electron chi connectivity index (χ2n) is 6.42. The molecule has 2 N–H and O–H groups in total. The molecule has 0 aliphatic carbocycles. The first-order valence-corrected chi connectivity index (χ1v) is 8.53. The lowest BCUT2D eigenvalue weighted by Crippen LogP contribution is -2.52. The molecule has 0 unspecified atom stereocenters. The van der Waals surface area contributed by atoms with Crippen LogP contribution in [0.1, 0.15) is 24.8 Å². The van der Waals surface area contributed by atoms with Crippen LogP contribution in [0.5, 0.6) is 11.5 Å². The van der Waals surface area contributed by atoms with Gasteiger partial charge in [0.15, 0.2) is 18.1 Å². The number of methoxy groups -OCH3 is 1.